The van der Waals surface area contributed by atoms with Gasteiger partial charge in [-0.05, 0) is 37.3 Å². The fraction of sp³-hybridized carbons (Fsp3) is 0.0625. The third-order valence-electron chi connectivity index (χ3n) is 3.12. The van der Waals surface area contributed by atoms with E-state index in [2.05, 4.69) is 20.7 Å². The highest BCUT2D eigenvalue weighted by atomic mass is 35.5. The summed E-state index contributed by atoms with van der Waals surface area (Å²) in [5.74, 6) is 0.861. The van der Waals surface area contributed by atoms with Crippen molar-refractivity contribution in [2.45, 2.75) is 6.92 Å². The Labute approximate surface area is 148 Å². The van der Waals surface area contributed by atoms with Crippen LogP contribution in [-0.2, 0) is 0 Å². The summed E-state index contributed by atoms with van der Waals surface area (Å²) in [4.78, 5) is 16.4. The van der Waals surface area contributed by atoms with E-state index >= 15 is 0 Å². The van der Waals surface area contributed by atoms with Gasteiger partial charge < -0.3 is 5.32 Å². The maximum atomic E-state index is 12.2. The summed E-state index contributed by atoms with van der Waals surface area (Å²) in [7, 11) is 0. The SMILES string of the molecule is Cc1nc(NC(=O)Nc2ccc(Cl)c(Cl)c2)n(-c2ccccc2)n1. The monoisotopic (exact) mass is 361 g/mol. The molecule has 0 aliphatic carbocycles. The second-order valence-electron chi connectivity index (χ2n) is 4.94. The van der Waals surface area contributed by atoms with E-state index in [1.165, 1.54) is 0 Å². The minimum Gasteiger partial charge on any atom is -0.308 e. The summed E-state index contributed by atoms with van der Waals surface area (Å²) < 4.78 is 1.56. The minimum atomic E-state index is -0.460. The number of hydrogen-bond acceptors (Lipinski definition) is 3. The molecule has 0 saturated heterocycles. The number of nitrogens with zero attached hydrogens (tertiary/aromatic N) is 3. The van der Waals surface area contributed by atoms with Crippen molar-refractivity contribution in [2.24, 2.45) is 0 Å². The Balaban J connectivity index is 1.78. The molecule has 0 fully saturated rings. The molecule has 0 saturated carbocycles. The van der Waals surface area contributed by atoms with Gasteiger partial charge in [-0.3, -0.25) is 5.32 Å². The number of aryl methyl sites for hydroxylation is 1. The number of benzene rings is 2. The molecule has 0 bridgehead atoms. The summed E-state index contributed by atoms with van der Waals surface area (Å²) in [5.41, 5.74) is 1.31. The highest BCUT2D eigenvalue weighted by Crippen LogP contribution is 2.25. The van der Waals surface area contributed by atoms with E-state index < -0.39 is 6.03 Å². The number of hydrogen-bond donors (Lipinski definition) is 2. The first-order valence-corrected chi connectivity index (χ1v) is 7.80. The molecule has 0 unspecified atom stereocenters. The fourth-order valence-corrected chi connectivity index (χ4v) is 2.38. The van der Waals surface area contributed by atoms with Gasteiger partial charge in [0, 0.05) is 5.69 Å². The predicted molar refractivity (Wildman–Crippen MR) is 95.2 cm³/mol. The lowest BCUT2D eigenvalue weighted by Gasteiger charge is -2.09. The smallest absolute Gasteiger partial charge is 0.308 e. The molecule has 1 heterocycles. The quantitative estimate of drug-likeness (QED) is 0.719. The average molecular weight is 362 g/mol. The Morgan fingerprint density at radius 2 is 1.79 bits per heavy atom. The van der Waals surface area contributed by atoms with Gasteiger partial charge in [-0.1, -0.05) is 41.4 Å². The van der Waals surface area contributed by atoms with Crippen LogP contribution >= 0.6 is 23.2 Å². The van der Waals surface area contributed by atoms with Crippen LogP contribution in [0.25, 0.3) is 5.69 Å². The van der Waals surface area contributed by atoms with Gasteiger partial charge in [0.15, 0.2) is 0 Å². The number of halogens is 2. The lowest BCUT2D eigenvalue weighted by atomic mass is 10.3. The molecule has 2 N–H and O–H groups in total. The molecule has 24 heavy (non-hydrogen) atoms. The number of para-hydroxylation sites is 1. The molecule has 2 aromatic carbocycles. The number of amides is 2. The third kappa shape index (κ3) is 3.67. The Bertz CT molecular complexity index is 879. The number of aromatic nitrogens is 3. The molecule has 0 spiro atoms. The van der Waals surface area contributed by atoms with Crippen molar-refractivity contribution in [3.8, 4) is 5.69 Å². The Morgan fingerprint density at radius 1 is 1.04 bits per heavy atom. The number of carbonyl (C=O) groups is 1. The summed E-state index contributed by atoms with van der Waals surface area (Å²) >= 11 is 11.8. The minimum absolute atomic E-state index is 0.316. The van der Waals surface area contributed by atoms with Gasteiger partial charge in [-0.25, -0.2) is 4.79 Å². The second kappa shape index (κ2) is 6.90. The first-order valence-electron chi connectivity index (χ1n) is 7.05. The maximum Gasteiger partial charge on any atom is 0.326 e. The maximum absolute atomic E-state index is 12.2. The van der Waals surface area contributed by atoms with Crippen molar-refractivity contribution < 1.29 is 4.79 Å². The molecule has 2 amide bonds. The molecule has 0 radical (unpaired) electrons. The van der Waals surface area contributed by atoms with E-state index in [1.807, 2.05) is 30.3 Å². The topological polar surface area (TPSA) is 71.8 Å². The van der Waals surface area contributed by atoms with Gasteiger partial charge in [0.1, 0.15) is 5.82 Å². The van der Waals surface area contributed by atoms with Crippen molar-refractivity contribution >= 4 is 40.9 Å². The van der Waals surface area contributed by atoms with Crippen LogP contribution in [0.1, 0.15) is 5.82 Å². The van der Waals surface area contributed by atoms with Crippen LogP contribution in [0.4, 0.5) is 16.4 Å². The molecule has 3 rings (SSSR count). The Morgan fingerprint density at radius 3 is 2.50 bits per heavy atom. The van der Waals surface area contributed by atoms with Gasteiger partial charge in [-0.15, -0.1) is 5.10 Å². The molecule has 0 aliphatic heterocycles. The van der Waals surface area contributed by atoms with Gasteiger partial charge in [0.25, 0.3) is 0 Å². The summed E-state index contributed by atoms with van der Waals surface area (Å²) in [6.45, 7) is 1.75. The summed E-state index contributed by atoms with van der Waals surface area (Å²) in [5, 5.41) is 10.4. The van der Waals surface area contributed by atoms with Crippen molar-refractivity contribution in [3.05, 3.63) is 64.4 Å². The average Bonchev–Trinajstić information content (AvgIpc) is 2.92. The van der Waals surface area contributed by atoms with Crippen LogP contribution < -0.4 is 10.6 Å². The van der Waals surface area contributed by atoms with Crippen molar-refractivity contribution in [1.29, 1.82) is 0 Å². The number of nitrogens with one attached hydrogen (secondary N) is 2. The van der Waals surface area contributed by atoms with Crippen LogP contribution in [0.15, 0.2) is 48.5 Å². The van der Waals surface area contributed by atoms with Gasteiger partial charge in [-0.2, -0.15) is 9.67 Å². The second-order valence-corrected chi connectivity index (χ2v) is 5.75. The van der Waals surface area contributed by atoms with Crippen LogP contribution in [0, 0.1) is 6.92 Å². The van der Waals surface area contributed by atoms with Crippen LogP contribution in [0.3, 0.4) is 0 Å². The molecular weight excluding hydrogens is 349 g/mol. The Hall–Kier alpha value is -2.57. The molecule has 0 atom stereocenters. The molecule has 3 aromatic rings. The zero-order valence-electron chi connectivity index (χ0n) is 12.6. The van der Waals surface area contributed by atoms with E-state index in [4.69, 9.17) is 23.2 Å². The van der Waals surface area contributed by atoms with Crippen molar-refractivity contribution in [3.63, 3.8) is 0 Å². The van der Waals surface area contributed by atoms with E-state index in [1.54, 1.807) is 29.8 Å². The van der Waals surface area contributed by atoms with E-state index in [9.17, 15) is 4.79 Å². The summed E-state index contributed by atoms with van der Waals surface area (Å²) in [6, 6.07) is 13.8. The normalized spacial score (nSPS) is 10.5. The Kier molecular flexibility index (Phi) is 4.69. The van der Waals surface area contributed by atoms with Crippen molar-refractivity contribution in [2.75, 3.05) is 10.6 Å². The molecule has 0 aliphatic rings. The highest BCUT2D eigenvalue weighted by Gasteiger charge is 2.13. The first-order chi connectivity index (χ1) is 11.5. The molecule has 6 nitrogen and oxygen atoms in total. The molecular formula is C16H13Cl2N5O. The third-order valence-corrected chi connectivity index (χ3v) is 3.86. The number of anilines is 2. The molecule has 122 valence electrons. The molecule has 8 heteroatoms. The van der Waals surface area contributed by atoms with Crippen LogP contribution in [-0.4, -0.2) is 20.8 Å². The fourth-order valence-electron chi connectivity index (χ4n) is 2.08. The first kappa shape index (κ1) is 16.3. The predicted octanol–water partition coefficient (Wildman–Crippen LogP) is 4.53. The van der Waals surface area contributed by atoms with Crippen LogP contribution in [0.2, 0.25) is 10.0 Å². The number of rotatable bonds is 3. The molecule has 1 aromatic heterocycles. The van der Waals surface area contributed by atoms with E-state index in [-0.39, 0.29) is 0 Å². The lowest BCUT2D eigenvalue weighted by Crippen LogP contribution is -2.21. The lowest BCUT2D eigenvalue weighted by molar-refractivity contribution is 0.262. The summed E-state index contributed by atoms with van der Waals surface area (Å²) in [6.07, 6.45) is 0. The largest absolute Gasteiger partial charge is 0.326 e. The highest BCUT2D eigenvalue weighted by molar-refractivity contribution is 6.42. The zero-order chi connectivity index (χ0) is 17.1. The standard InChI is InChI=1S/C16H13Cl2N5O/c1-10-19-15(23(22-10)12-5-3-2-4-6-12)21-16(24)20-11-7-8-13(17)14(18)9-11/h2-9H,1H3,(H2,19,20,21,22,24). The zero-order valence-corrected chi connectivity index (χ0v) is 14.1. The van der Waals surface area contributed by atoms with Gasteiger partial charge in [0.2, 0.25) is 5.95 Å². The van der Waals surface area contributed by atoms with E-state index in [0.29, 0.717) is 27.5 Å². The van der Waals surface area contributed by atoms with Crippen molar-refractivity contribution in [1.82, 2.24) is 14.8 Å². The van der Waals surface area contributed by atoms with Gasteiger partial charge in [0.05, 0.1) is 15.7 Å². The number of carbonyl (C=O) groups excluding carboxylic acids is 1. The van der Waals surface area contributed by atoms with Crippen LogP contribution in [0.5, 0.6) is 0 Å². The van der Waals surface area contributed by atoms with E-state index in [0.717, 1.165) is 5.69 Å². The van der Waals surface area contributed by atoms with Gasteiger partial charge >= 0.3 is 6.03 Å². The number of urea groups is 1.